The lowest BCUT2D eigenvalue weighted by atomic mass is 10.3. The van der Waals surface area contributed by atoms with Crippen molar-refractivity contribution >= 4 is 28.5 Å². The highest BCUT2D eigenvalue weighted by atomic mass is 35.5. The Morgan fingerprint density at radius 3 is 3.00 bits per heavy atom. The number of nitrogens with zero attached hydrogens (tertiary/aromatic N) is 2. The van der Waals surface area contributed by atoms with E-state index in [4.69, 9.17) is 11.6 Å². The Labute approximate surface area is 115 Å². The van der Waals surface area contributed by atoms with Gasteiger partial charge in [-0.3, -0.25) is 4.79 Å². The van der Waals surface area contributed by atoms with Crippen molar-refractivity contribution in [3.05, 3.63) is 29.8 Å². The molecule has 19 heavy (non-hydrogen) atoms. The van der Waals surface area contributed by atoms with Crippen molar-refractivity contribution in [1.82, 2.24) is 14.9 Å². The van der Waals surface area contributed by atoms with Crippen molar-refractivity contribution < 1.29 is 9.18 Å². The highest BCUT2D eigenvalue weighted by Crippen LogP contribution is 2.20. The van der Waals surface area contributed by atoms with Crippen molar-refractivity contribution in [2.24, 2.45) is 0 Å². The SMILES string of the molecule is CNC(=O)CCn1c(CCCl)nc2c(F)cccc21. The average Bonchev–Trinajstić information content (AvgIpc) is 2.76. The lowest BCUT2D eigenvalue weighted by molar-refractivity contribution is -0.120. The molecule has 0 saturated carbocycles. The summed E-state index contributed by atoms with van der Waals surface area (Å²) >= 11 is 5.74. The summed E-state index contributed by atoms with van der Waals surface area (Å²) in [5, 5.41) is 2.57. The van der Waals surface area contributed by atoms with Crippen LogP contribution >= 0.6 is 11.6 Å². The molecule has 0 bridgehead atoms. The van der Waals surface area contributed by atoms with Gasteiger partial charge in [-0.25, -0.2) is 9.37 Å². The quantitative estimate of drug-likeness (QED) is 0.854. The smallest absolute Gasteiger partial charge is 0.221 e. The first-order valence-corrected chi connectivity index (χ1v) is 6.61. The number of amides is 1. The topological polar surface area (TPSA) is 46.9 Å². The Balaban J connectivity index is 2.40. The molecular weight excluding hydrogens is 269 g/mol. The minimum atomic E-state index is -0.355. The number of rotatable bonds is 5. The standard InChI is InChI=1S/C13H15ClFN3O/c1-16-12(19)6-8-18-10-4-2-3-9(15)13(10)17-11(18)5-7-14/h2-4H,5-8H2,1H3,(H,16,19). The minimum absolute atomic E-state index is 0.0601. The van der Waals surface area contributed by atoms with E-state index in [2.05, 4.69) is 10.3 Å². The third-order valence-corrected chi connectivity index (χ3v) is 3.16. The van der Waals surface area contributed by atoms with Crippen LogP contribution in [-0.4, -0.2) is 28.4 Å². The molecule has 6 heteroatoms. The van der Waals surface area contributed by atoms with Gasteiger partial charge in [-0.2, -0.15) is 0 Å². The fourth-order valence-electron chi connectivity index (χ4n) is 2.02. The largest absolute Gasteiger partial charge is 0.359 e. The summed E-state index contributed by atoms with van der Waals surface area (Å²) in [4.78, 5) is 15.6. The second kappa shape index (κ2) is 6.02. The third-order valence-electron chi connectivity index (χ3n) is 2.97. The molecule has 0 atom stereocenters. The van der Waals surface area contributed by atoms with Crippen LogP contribution < -0.4 is 5.32 Å². The summed E-state index contributed by atoms with van der Waals surface area (Å²) in [6, 6.07) is 4.82. The molecule has 1 aromatic carbocycles. The van der Waals surface area contributed by atoms with Gasteiger partial charge in [0.2, 0.25) is 5.91 Å². The molecule has 0 aliphatic rings. The van der Waals surface area contributed by atoms with Gasteiger partial charge in [0.15, 0.2) is 5.82 Å². The number of alkyl halides is 1. The van der Waals surface area contributed by atoms with Crippen LogP contribution in [0.25, 0.3) is 11.0 Å². The van der Waals surface area contributed by atoms with Crippen LogP contribution in [0.15, 0.2) is 18.2 Å². The third kappa shape index (κ3) is 2.87. The number of carbonyl (C=O) groups is 1. The fourth-order valence-corrected chi connectivity index (χ4v) is 2.19. The van der Waals surface area contributed by atoms with E-state index in [1.165, 1.54) is 6.07 Å². The normalized spacial score (nSPS) is 10.9. The number of nitrogens with one attached hydrogen (secondary N) is 1. The first-order chi connectivity index (χ1) is 9.17. The Kier molecular flexibility index (Phi) is 4.37. The predicted octanol–water partition coefficient (Wildman–Crippen LogP) is 2.09. The van der Waals surface area contributed by atoms with E-state index in [0.717, 1.165) is 0 Å². The maximum absolute atomic E-state index is 13.7. The van der Waals surface area contributed by atoms with Gasteiger partial charge in [0, 0.05) is 32.3 Å². The second-order valence-electron chi connectivity index (χ2n) is 4.15. The van der Waals surface area contributed by atoms with Crippen LogP contribution in [0, 0.1) is 5.82 Å². The van der Waals surface area contributed by atoms with Gasteiger partial charge < -0.3 is 9.88 Å². The van der Waals surface area contributed by atoms with Gasteiger partial charge in [0.25, 0.3) is 0 Å². The predicted molar refractivity (Wildman–Crippen MR) is 72.8 cm³/mol. The second-order valence-corrected chi connectivity index (χ2v) is 4.53. The van der Waals surface area contributed by atoms with Gasteiger partial charge in [-0.15, -0.1) is 11.6 Å². The van der Waals surface area contributed by atoms with Crippen LogP contribution in [0.4, 0.5) is 4.39 Å². The van der Waals surface area contributed by atoms with E-state index in [-0.39, 0.29) is 11.7 Å². The molecule has 2 rings (SSSR count). The van der Waals surface area contributed by atoms with Crippen LogP contribution in [0.5, 0.6) is 0 Å². The number of halogens is 2. The Hall–Kier alpha value is -1.62. The molecule has 1 heterocycles. The van der Waals surface area contributed by atoms with E-state index in [1.807, 2.05) is 4.57 Å². The zero-order valence-corrected chi connectivity index (χ0v) is 11.4. The fraction of sp³-hybridized carbons (Fsp3) is 0.385. The minimum Gasteiger partial charge on any atom is -0.359 e. The summed E-state index contributed by atoms with van der Waals surface area (Å²) in [7, 11) is 1.59. The number of carbonyl (C=O) groups excluding carboxylic acids is 1. The summed E-state index contributed by atoms with van der Waals surface area (Å²) in [5.41, 5.74) is 1.03. The zero-order chi connectivity index (χ0) is 13.8. The molecule has 1 aromatic heterocycles. The van der Waals surface area contributed by atoms with Gasteiger partial charge in [-0.05, 0) is 12.1 Å². The van der Waals surface area contributed by atoms with E-state index in [0.29, 0.717) is 42.1 Å². The molecule has 0 aliphatic heterocycles. The number of hydrogen-bond donors (Lipinski definition) is 1. The first-order valence-electron chi connectivity index (χ1n) is 6.07. The highest BCUT2D eigenvalue weighted by Gasteiger charge is 2.13. The molecule has 1 N–H and O–H groups in total. The molecule has 1 amide bonds. The van der Waals surface area contributed by atoms with Crippen LogP contribution in [0.2, 0.25) is 0 Å². The van der Waals surface area contributed by atoms with Crippen molar-refractivity contribution in [1.29, 1.82) is 0 Å². The number of aryl methyl sites for hydroxylation is 2. The number of fused-ring (bicyclic) bond motifs is 1. The van der Waals surface area contributed by atoms with E-state index >= 15 is 0 Å². The molecule has 0 fully saturated rings. The van der Waals surface area contributed by atoms with E-state index in [9.17, 15) is 9.18 Å². The molecule has 0 spiro atoms. The molecule has 4 nitrogen and oxygen atoms in total. The van der Waals surface area contributed by atoms with E-state index in [1.54, 1.807) is 19.2 Å². The maximum Gasteiger partial charge on any atom is 0.221 e. The Bertz CT molecular complexity index is 597. The zero-order valence-electron chi connectivity index (χ0n) is 10.6. The molecule has 0 saturated heterocycles. The number of hydrogen-bond acceptors (Lipinski definition) is 2. The van der Waals surface area contributed by atoms with Gasteiger partial charge in [0.1, 0.15) is 11.3 Å². The van der Waals surface area contributed by atoms with Crippen molar-refractivity contribution in [2.45, 2.75) is 19.4 Å². The Morgan fingerprint density at radius 1 is 1.53 bits per heavy atom. The number of benzene rings is 1. The molecule has 102 valence electrons. The van der Waals surface area contributed by atoms with E-state index < -0.39 is 0 Å². The first kappa shape index (κ1) is 13.8. The monoisotopic (exact) mass is 283 g/mol. The molecule has 0 unspecified atom stereocenters. The summed E-state index contributed by atoms with van der Waals surface area (Å²) in [5.74, 6) is 0.700. The summed E-state index contributed by atoms with van der Waals surface area (Å²) in [6.07, 6.45) is 0.872. The number of imidazole rings is 1. The summed E-state index contributed by atoms with van der Waals surface area (Å²) in [6.45, 7) is 0.464. The maximum atomic E-state index is 13.7. The van der Waals surface area contributed by atoms with Crippen LogP contribution in [0.3, 0.4) is 0 Å². The lowest BCUT2D eigenvalue weighted by Crippen LogP contribution is -2.20. The molecule has 0 aliphatic carbocycles. The molecule has 2 aromatic rings. The highest BCUT2D eigenvalue weighted by molar-refractivity contribution is 6.17. The summed E-state index contributed by atoms with van der Waals surface area (Å²) < 4.78 is 15.6. The van der Waals surface area contributed by atoms with Crippen LogP contribution in [0.1, 0.15) is 12.2 Å². The van der Waals surface area contributed by atoms with Crippen LogP contribution in [-0.2, 0) is 17.8 Å². The lowest BCUT2D eigenvalue weighted by Gasteiger charge is -2.07. The number of aromatic nitrogens is 2. The van der Waals surface area contributed by atoms with Gasteiger partial charge in [0.05, 0.1) is 5.52 Å². The molecular formula is C13H15ClFN3O. The Morgan fingerprint density at radius 2 is 2.32 bits per heavy atom. The van der Waals surface area contributed by atoms with Crippen molar-refractivity contribution in [3.8, 4) is 0 Å². The number of para-hydroxylation sites is 1. The molecule has 0 radical (unpaired) electrons. The van der Waals surface area contributed by atoms with Crippen molar-refractivity contribution in [3.63, 3.8) is 0 Å². The van der Waals surface area contributed by atoms with Crippen molar-refractivity contribution in [2.75, 3.05) is 12.9 Å². The average molecular weight is 284 g/mol. The van der Waals surface area contributed by atoms with Gasteiger partial charge in [-0.1, -0.05) is 6.07 Å². The van der Waals surface area contributed by atoms with Gasteiger partial charge >= 0.3 is 0 Å².